The lowest BCUT2D eigenvalue weighted by molar-refractivity contribution is 0.101. The minimum absolute atomic E-state index is 0.181. The van der Waals surface area contributed by atoms with Crippen LogP contribution in [0.5, 0.6) is 0 Å². The highest BCUT2D eigenvalue weighted by Crippen LogP contribution is 2.46. The van der Waals surface area contributed by atoms with Crippen molar-refractivity contribution in [1.29, 1.82) is 0 Å². The molecule has 0 radical (unpaired) electrons. The van der Waals surface area contributed by atoms with Gasteiger partial charge in [-0.25, -0.2) is 9.37 Å². The Morgan fingerprint density at radius 2 is 2.20 bits per heavy atom. The molecule has 1 aliphatic carbocycles. The van der Waals surface area contributed by atoms with Crippen LogP contribution < -0.4 is 0 Å². The number of alkyl halides is 1. The molecule has 20 heavy (non-hydrogen) atoms. The summed E-state index contributed by atoms with van der Waals surface area (Å²) in [4.78, 5) is 4.57. The summed E-state index contributed by atoms with van der Waals surface area (Å²) < 4.78 is 16.6. The lowest BCUT2D eigenvalue weighted by Crippen LogP contribution is -2.33. The Kier molecular flexibility index (Phi) is 3.97. The molecule has 0 aliphatic heterocycles. The molecule has 5 heteroatoms. The van der Waals surface area contributed by atoms with Gasteiger partial charge in [0.25, 0.3) is 0 Å². The molecule has 1 aliphatic rings. The molecule has 0 amide bonds. The summed E-state index contributed by atoms with van der Waals surface area (Å²) in [5, 5.41) is 0. The minimum Gasteiger partial charge on any atom is -0.326 e. The van der Waals surface area contributed by atoms with Gasteiger partial charge in [0.15, 0.2) is 0 Å². The second kappa shape index (κ2) is 5.44. The van der Waals surface area contributed by atoms with Gasteiger partial charge in [-0.2, -0.15) is 0 Å². The van der Waals surface area contributed by atoms with Crippen LogP contribution in [0.3, 0.4) is 0 Å². The highest BCUT2D eigenvalue weighted by atomic mass is 127. The molecular weight excluding hydrogens is 390 g/mol. The van der Waals surface area contributed by atoms with Crippen LogP contribution in [0.4, 0.5) is 4.39 Å². The summed E-state index contributed by atoms with van der Waals surface area (Å²) in [6, 6.07) is 3.40. The van der Waals surface area contributed by atoms with E-state index in [-0.39, 0.29) is 5.82 Å². The van der Waals surface area contributed by atoms with E-state index < -0.39 is 0 Å². The van der Waals surface area contributed by atoms with E-state index in [4.69, 9.17) is 11.6 Å². The third-order valence-electron chi connectivity index (χ3n) is 4.65. The number of hydrogen-bond acceptors (Lipinski definition) is 1. The summed E-state index contributed by atoms with van der Waals surface area (Å²) in [6.07, 6.45) is 4.94. The van der Waals surface area contributed by atoms with Crippen molar-refractivity contribution in [2.45, 2.75) is 45.0 Å². The standard InChI is InChI=1S/C15H17ClFIN2/c1-2-15(4-3-5-15)9-20-13-6-10(17)11(18)7-12(13)19-14(20)8-16/h6-7H,2-5,8-9H2,1H3. The number of nitrogens with zero attached hydrogens (tertiary/aromatic N) is 2. The summed E-state index contributed by atoms with van der Waals surface area (Å²) in [6.45, 7) is 3.14. The highest BCUT2D eigenvalue weighted by Gasteiger charge is 2.36. The molecule has 0 spiro atoms. The van der Waals surface area contributed by atoms with Crippen molar-refractivity contribution in [3.8, 4) is 0 Å². The molecule has 2 nitrogen and oxygen atoms in total. The van der Waals surface area contributed by atoms with Gasteiger partial charge in [-0.15, -0.1) is 11.6 Å². The predicted octanol–water partition coefficient (Wildman–Crippen LogP) is 5.10. The monoisotopic (exact) mass is 406 g/mol. The van der Waals surface area contributed by atoms with Crippen molar-refractivity contribution in [1.82, 2.24) is 9.55 Å². The molecule has 1 heterocycles. The van der Waals surface area contributed by atoms with Gasteiger partial charge in [-0.3, -0.25) is 0 Å². The normalized spacial score (nSPS) is 17.4. The molecule has 1 saturated carbocycles. The van der Waals surface area contributed by atoms with Gasteiger partial charge in [0.1, 0.15) is 11.6 Å². The smallest absolute Gasteiger partial charge is 0.138 e. The third kappa shape index (κ3) is 2.34. The number of fused-ring (bicyclic) bond motifs is 1. The van der Waals surface area contributed by atoms with Crippen LogP contribution in [0.1, 0.15) is 38.4 Å². The second-order valence-electron chi connectivity index (χ2n) is 5.71. The van der Waals surface area contributed by atoms with E-state index in [1.807, 2.05) is 22.6 Å². The lowest BCUT2D eigenvalue weighted by Gasteiger charge is -2.42. The zero-order valence-corrected chi connectivity index (χ0v) is 14.3. The van der Waals surface area contributed by atoms with E-state index in [0.29, 0.717) is 14.9 Å². The number of aromatic nitrogens is 2. The average molecular weight is 407 g/mol. The van der Waals surface area contributed by atoms with E-state index in [2.05, 4.69) is 16.5 Å². The predicted molar refractivity (Wildman–Crippen MR) is 88.5 cm³/mol. The summed E-state index contributed by atoms with van der Waals surface area (Å²) >= 11 is 8.04. The molecule has 2 aromatic rings. The van der Waals surface area contributed by atoms with E-state index in [0.717, 1.165) is 29.8 Å². The Morgan fingerprint density at radius 3 is 2.75 bits per heavy atom. The van der Waals surface area contributed by atoms with Crippen molar-refractivity contribution in [3.05, 3.63) is 27.3 Å². The van der Waals surface area contributed by atoms with Crippen LogP contribution in [0.15, 0.2) is 12.1 Å². The van der Waals surface area contributed by atoms with Crippen molar-refractivity contribution in [2.75, 3.05) is 0 Å². The summed E-state index contributed by atoms with van der Waals surface area (Å²) in [7, 11) is 0. The van der Waals surface area contributed by atoms with E-state index in [9.17, 15) is 4.39 Å². The molecule has 0 saturated heterocycles. The molecule has 0 unspecified atom stereocenters. The van der Waals surface area contributed by atoms with Gasteiger partial charge >= 0.3 is 0 Å². The van der Waals surface area contributed by atoms with Gasteiger partial charge in [-0.05, 0) is 53.3 Å². The first kappa shape index (κ1) is 14.6. The third-order valence-corrected chi connectivity index (χ3v) is 5.71. The first-order chi connectivity index (χ1) is 9.58. The SMILES string of the molecule is CCC1(Cn2c(CCl)nc3cc(I)c(F)cc32)CCC1. The van der Waals surface area contributed by atoms with Crippen LogP contribution in [0.25, 0.3) is 11.0 Å². The molecule has 3 rings (SSSR count). The Labute approximate surface area is 136 Å². The van der Waals surface area contributed by atoms with E-state index in [1.165, 1.54) is 19.3 Å². The lowest BCUT2D eigenvalue weighted by atomic mass is 9.67. The van der Waals surface area contributed by atoms with Crippen LogP contribution >= 0.6 is 34.2 Å². The molecule has 1 aromatic heterocycles. The molecule has 0 bridgehead atoms. The van der Waals surface area contributed by atoms with E-state index >= 15 is 0 Å². The largest absolute Gasteiger partial charge is 0.326 e. The van der Waals surface area contributed by atoms with E-state index in [1.54, 1.807) is 12.1 Å². The Hall–Kier alpha value is -0.360. The van der Waals surface area contributed by atoms with Crippen LogP contribution in [-0.2, 0) is 12.4 Å². The number of rotatable bonds is 4. The first-order valence-electron chi connectivity index (χ1n) is 6.99. The topological polar surface area (TPSA) is 17.8 Å². The fourth-order valence-electron chi connectivity index (χ4n) is 3.08. The van der Waals surface area contributed by atoms with Gasteiger partial charge in [0, 0.05) is 12.6 Å². The molecule has 1 fully saturated rings. The van der Waals surface area contributed by atoms with Gasteiger partial charge in [-0.1, -0.05) is 13.3 Å². The van der Waals surface area contributed by atoms with Crippen molar-refractivity contribution < 1.29 is 4.39 Å². The highest BCUT2D eigenvalue weighted by molar-refractivity contribution is 14.1. The molecule has 0 atom stereocenters. The number of imidazole rings is 1. The zero-order valence-electron chi connectivity index (χ0n) is 11.4. The average Bonchev–Trinajstić information content (AvgIpc) is 2.72. The Bertz CT molecular complexity index is 643. The Morgan fingerprint density at radius 1 is 1.45 bits per heavy atom. The van der Waals surface area contributed by atoms with Gasteiger partial charge < -0.3 is 4.57 Å². The molecular formula is C15H17ClFIN2. The maximum absolute atomic E-state index is 13.9. The zero-order chi connectivity index (χ0) is 14.3. The molecule has 1 aromatic carbocycles. The van der Waals surface area contributed by atoms with Crippen LogP contribution in [0.2, 0.25) is 0 Å². The van der Waals surface area contributed by atoms with Crippen LogP contribution in [-0.4, -0.2) is 9.55 Å². The first-order valence-corrected chi connectivity index (χ1v) is 8.60. The minimum atomic E-state index is -0.181. The number of benzene rings is 1. The maximum atomic E-state index is 13.9. The second-order valence-corrected chi connectivity index (χ2v) is 7.14. The Balaban J connectivity index is 2.10. The van der Waals surface area contributed by atoms with Crippen LogP contribution in [0, 0.1) is 14.8 Å². The van der Waals surface area contributed by atoms with Gasteiger partial charge in [0.2, 0.25) is 0 Å². The fraction of sp³-hybridized carbons (Fsp3) is 0.533. The maximum Gasteiger partial charge on any atom is 0.138 e. The fourth-order valence-corrected chi connectivity index (χ4v) is 3.74. The number of halogens is 3. The van der Waals surface area contributed by atoms with Gasteiger partial charge in [0.05, 0.1) is 20.5 Å². The summed E-state index contributed by atoms with van der Waals surface area (Å²) in [5.41, 5.74) is 2.07. The summed E-state index contributed by atoms with van der Waals surface area (Å²) in [5.74, 6) is 1.04. The molecule has 0 N–H and O–H groups in total. The number of hydrogen-bond donors (Lipinski definition) is 0. The van der Waals surface area contributed by atoms with Crippen molar-refractivity contribution >= 4 is 45.2 Å². The molecule has 108 valence electrons. The van der Waals surface area contributed by atoms with Crippen molar-refractivity contribution in [3.63, 3.8) is 0 Å². The quantitative estimate of drug-likeness (QED) is 0.510. The van der Waals surface area contributed by atoms with Crippen molar-refractivity contribution in [2.24, 2.45) is 5.41 Å².